The highest BCUT2D eigenvalue weighted by molar-refractivity contribution is 9.10. The van der Waals surface area contributed by atoms with Gasteiger partial charge in [-0.1, -0.05) is 25.4 Å². The second kappa shape index (κ2) is 3.14. The summed E-state index contributed by atoms with van der Waals surface area (Å²) < 4.78 is 0.987. The maximum absolute atomic E-state index is 6.31. The molecule has 1 aromatic rings. The van der Waals surface area contributed by atoms with Gasteiger partial charge in [0, 0.05) is 34.7 Å². The van der Waals surface area contributed by atoms with Crippen molar-refractivity contribution >= 4 is 33.2 Å². The van der Waals surface area contributed by atoms with Crippen LogP contribution in [0.5, 0.6) is 0 Å². The van der Waals surface area contributed by atoms with E-state index in [1.165, 1.54) is 11.3 Å². The average molecular weight is 275 g/mol. The summed E-state index contributed by atoms with van der Waals surface area (Å²) in [7, 11) is 2.11. The lowest BCUT2D eigenvalue weighted by Gasteiger charge is -2.19. The average Bonchev–Trinajstić information content (AvgIpc) is 2.29. The zero-order valence-electron chi connectivity index (χ0n) is 8.56. The number of hydrogen-bond donors (Lipinski definition) is 0. The van der Waals surface area contributed by atoms with Crippen LogP contribution in [0.4, 0.5) is 5.69 Å². The first kappa shape index (κ1) is 10.3. The van der Waals surface area contributed by atoms with Crippen molar-refractivity contribution in [2.45, 2.75) is 19.3 Å². The van der Waals surface area contributed by atoms with E-state index in [4.69, 9.17) is 11.6 Å². The Labute approximate surface area is 98.2 Å². The van der Waals surface area contributed by atoms with Crippen LogP contribution in [0.1, 0.15) is 19.4 Å². The lowest BCUT2D eigenvalue weighted by Crippen LogP contribution is -2.25. The van der Waals surface area contributed by atoms with Crippen LogP contribution in [0.3, 0.4) is 0 Å². The molecule has 1 heterocycles. The Balaban J connectivity index is 2.70. The van der Waals surface area contributed by atoms with Gasteiger partial charge >= 0.3 is 0 Å². The van der Waals surface area contributed by atoms with Gasteiger partial charge in [-0.05, 0) is 28.1 Å². The maximum atomic E-state index is 6.31. The van der Waals surface area contributed by atoms with Crippen LogP contribution in [0.2, 0.25) is 5.02 Å². The molecule has 14 heavy (non-hydrogen) atoms. The molecule has 0 atom stereocenters. The van der Waals surface area contributed by atoms with Gasteiger partial charge in [0.1, 0.15) is 0 Å². The first-order valence-corrected chi connectivity index (χ1v) is 5.80. The van der Waals surface area contributed by atoms with E-state index in [1.54, 1.807) is 0 Å². The Morgan fingerprint density at radius 2 is 2.07 bits per heavy atom. The van der Waals surface area contributed by atoms with E-state index >= 15 is 0 Å². The van der Waals surface area contributed by atoms with Crippen LogP contribution in [0, 0.1) is 0 Å². The second-order valence-corrected chi connectivity index (χ2v) is 5.73. The van der Waals surface area contributed by atoms with Crippen molar-refractivity contribution in [1.29, 1.82) is 0 Å². The van der Waals surface area contributed by atoms with Gasteiger partial charge in [-0.3, -0.25) is 0 Å². The lowest BCUT2D eigenvalue weighted by molar-refractivity contribution is 0.563. The molecule has 1 aliphatic rings. The number of rotatable bonds is 0. The Hall–Kier alpha value is -0.210. The smallest absolute Gasteiger partial charge is 0.0606 e. The molecule has 0 unspecified atom stereocenters. The summed E-state index contributed by atoms with van der Waals surface area (Å²) in [5.74, 6) is 0. The van der Waals surface area contributed by atoms with Crippen LogP contribution in [0.15, 0.2) is 16.6 Å². The van der Waals surface area contributed by atoms with Crippen molar-refractivity contribution in [1.82, 2.24) is 0 Å². The molecule has 0 saturated carbocycles. The van der Waals surface area contributed by atoms with Crippen LogP contribution < -0.4 is 4.90 Å². The maximum Gasteiger partial charge on any atom is 0.0606 e. The molecule has 3 heteroatoms. The summed E-state index contributed by atoms with van der Waals surface area (Å²) in [5, 5.41) is 0.858. The largest absolute Gasteiger partial charge is 0.373 e. The van der Waals surface area contributed by atoms with Crippen LogP contribution >= 0.6 is 27.5 Å². The highest BCUT2D eigenvalue weighted by atomic mass is 79.9. The Bertz CT molecular complexity index is 387. The molecule has 0 aliphatic carbocycles. The zero-order valence-corrected chi connectivity index (χ0v) is 10.9. The third kappa shape index (κ3) is 1.36. The molecule has 1 aromatic carbocycles. The summed E-state index contributed by atoms with van der Waals surface area (Å²) >= 11 is 9.78. The van der Waals surface area contributed by atoms with Gasteiger partial charge in [-0.2, -0.15) is 0 Å². The predicted octanol–water partition coefficient (Wildman–Crippen LogP) is 3.83. The van der Waals surface area contributed by atoms with Crippen molar-refractivity contribution < 1.29 is 0 Å². The molecule has 0 bridgehead atoms. The van der Waals surface area contributed by atoms with Crippen molar-refractivity contribution in [2.75, 3.05) is 18.5 Å². The summed E-state index contributed by atoms with van der Waals surface area (Å²) in [6.07, 6.45) is 0. The SMILES string of the molecule is CN1CC(C)(C)c2c1ccc(Br)c2Cl. The van der Waals surface area contributed by atoms with Gasteiger partial charge in [0.25, 0.3) is 0 Å². The Morgan fingerprint density at radius 1 is 1.43 bits per heavy atom. The highest BCUT2D eigenvalue weighted by Gasteiger charge is 2.35. The molecule has 0 radical (unpaired) electrons. The lowest BCUT2D eigenvalue weighted by atomic mass is 9.87. The fourth-order valence-corrected chi connectivity index (χ4v) is 3.01. The monoisotopic (exact) mass is 273 g/mol. The topological polar surface area (TPSA) is 3.24 Å². The van der Waals surface area contributed by atoms with Crippen molar-refractivity contribution in [3.05, 3.63) is 27.2 Å². The van der Waals surface area contributed by atoms with Gasteiger partial charge in [-0.15, -0.1) is 0 Å². The summed E-state index contributed by atoms with van der Waals surface area (Å²) in [6.45, 7) is 5.49. The van der Waals surface area contributed by atoms with Gasteiger partial charge in [0.05, 0.1) is 5.02 Å². The molecule has 2 rings (SSSR count). The number of benzene rings is 1. The number of fused-ring (bicyclic) bond motifs is 1. The van der Waals surface area contributed by atoms with Crippen LogP contribution in [0.25, 0.3) is 0 Å². The predicted molar refractivity (Wildman–Crippen MR) is 65.4 cm³/mol. The minimum absolute atomic E-state index is 0.144. The van der Waals surface area contributed by atoms with Gasteiger partial charge < -0.3 is 4.90 Å². The molecule has 0 fully saturated rings. The van der Waals surface area contributed by atoms with E-state index in [2.05, 4.69) is 47.8 Å². The number of hydrogen-bond acceptors (Lipinski definition) is 1. The molecule has 0 aromatic heterocycles. The third-order valence-electron chi connectivity index (χ3n) is 2.79. The van der Waals surface area contributed by atoms with Crippen LogP contribution in [-0.4, -0.2) is 13.6 Å². The molecule has 0 spiro atoms. The minimum Gasteiger partial charge on any atom is -0.373 e. The van der Waals surface area contributed by atoms with Gasteiger partial charge in [0.2, 0.25) is 0 Å². The number of likely N-dealkylation sites (N-methyl/N-ethyl adjacent to an activating group) is 1. The van der Waals surface area contributed by atoms with Crippen molar-refractivity contribution in [3.63, 3.8) is 0 Å². The minimum atomic E-state index is 0.144. The van der Waals surface area contributed by atoms with E-state index in [9.17, 15) is 0 Å². The third-order valence-corrected chi connectivity index (χ3v) is 4.08. The van der Waals surface area contributed by atoms with E-state index in [0.717, 1.165) is 16.0 Å². The second-order valence-electron chi connectivity index (χ2n) is 4.50. The standard InChI is InChI=1S/C11H13BrClN/c1-11(2)6-14(3)8-5-4-7(12)10(13)9(8)11/h4-5H,6H2,1-3H3. The first-order valence-electron chi connectivity index (χ1n) is 4.63. The van der Waals surface area contributed by atoms with Gasteiger partial charge in [-0.25, -0.2) is 0 Å². The van der Waals surface area contributed by atoms with Crippen molar-refractivity contribution in [2.24, 2.45) is 0 Å². The van der Waals surface area contributed by atoms with E-state index in [1.807, 2.05) is 6.07 Å². The number of nitrogens with zero attached hydrogens (tertiary/aromatic N) is 1. The highest BCUT2D eigenvalue weighted by Crippen LogP contribution is 2.46. The zero-order chi connectivity index (χ0) is 10.5. The fraction of sp³-hybridized carbons (Fsp3) is 0.455. The Kier molecular flexibility index (Phi) is 2.31. The van der Waals surface area contributed by atoms with E-state index in [-0.39, 0.29) is 5.41 Å². The summed E-state index contributed by atoms with van der Waals surface area (Å²) in [4.78, 5) is 2.26. The van der Waals surface area contributed by atoms with Crippen LogP contribution in [-0.2, 0) is 5.41 Å². The van der Waals surface area contributed by atoms with Gasteiger partial charge in [0.15, 0.2) is 0 Å². The van der Waals surface area contributed by atoms with Crippen molar-refractivity contribution in [3.8, 4) is 0 Å². The normalized spacial score (nSPS) is 18.5. The quantitative estimate of drug-likeness (QED) is 0.695. The summed E-state index contributed by atoms with van der Waals surface area (Å²) in [5.41, 5.74) is 2.66. The molecule has 0 N–H and O–H groups in total. The molecular weight excluding hydrogens is 261 g/mol. The van der Waals surface area contributed by atoms with E-state index in [0.29, 0.717) is 0 Å². The molecule has 1 aliphatic heterocycles. The molecule has 0 amide bonds. The number of halogens is 2. The molecular formula is C11H13BrClN. The summed E-state index contributed by atoms with van der Waals surface area (Å²) in [6, 6.07) is 4.14. The molecule has 0 saturated heterocycles. The molecule has 1 nitrogen and oxygen atoms in total. The van der Waals surface area contributed by atoms with E-state index < -0.39 is 0 Å². The Morgan fingerprint density at radius 3 is 2.71 bits per heavy atom. The first-order chi connectivity index (χ1) is 6.43. The number of anilines is 1. The fourth-order valence-electron chi connectivity index (χ4n) is 2.26. The molecule has 76 valence electrons.